The van der Waals surface area contributed by atoms with Gasteiger partial charge in [-0.1, -0.05) is 13.8 Å². The monoisotopic (exact) mass is 1350 g/mol. The number of benzene rings is 2. The summed E-state index contributed by atoms with van der Waals surface area (Å²) in [6.07, 6.45) is -15.8. The molecular weight excluding hydrogens is 1270 g/mol. The number of likely N-dealkylation sites (N-methyl/N-ethyl adjacent to an activating group) is 2. The first kappa shape index (κ1) is 70.3. The predicted molar refractivity (Wildman–Crippen MR) is 338 cm³/mol. The van der Waals surface area contributed by atoms with Gasteiger partial charge in [0.15, 0.2) is 60.1 Å². The van der Waals surface area contributed by atoms with Gasteiger partial charge in [-0.15, -0.1) is 0 Å². The molecule has 4 saturated heterocycles. The fourth-order valence-electron chi connectivity index (χ4n) is 17.6. The average molecular weight is 1360 g/mol. The summed E-state index contributed by atoms with van der Waals surface area (Å²) in [5.41, 5.74) is 1.37. The van der Waals surface area contributed by atoms with Gasteiger partial charge in [-0.2, -0.15) is 0 Å². The molecule has 6 aliphatic carbocycles. The van der Waals surface area contributed by atoms with Crippen LogP contribution in [-0.4, -0.2) is 251 Å². The van der Waals surface area contributed by atoms with Crippen molar-refractivity contribution in [3.05, 3.63) is 91.2 Å². The van der Waals surface area contributed by atoms with Crippen LogP contribution < -0.4 is 5.11 Å². The number of hydrogen-bond donors (Lipinski definition) is 9. The number of allylic oxidation sites excluding steroid dienone is 5. The minimum absolute atomic E-state index is 0.0793. The number of nitrogens with zero attached hydrogens (tertiary/aromatic N) is 3. The smallest absolute Gasteiger partial charge is 0.195 e. The number of aromatic hydroxyl groups is 4. The summed E-state index contributed by atoms with van der Waals surface area (Å²) < 4.78 is 74.7. The van der Waals surface area contributed by atoms with Gasteiger partial charge >= 0.3 is 0 Å². The van der Waals surface area contributed by atoms with Crippen LogP contribution in [0, 0.1) is 11.8 Å². The molecule has 12 rings (SSSR count). The summed E-state index contributed by atoms with van der Waals surface area (Å²) >= 11 is 0. The zero-order chi connectivity index (χ0) is 70.2. The van der Waals surface area contributed by atoms with E-state index >= 15 is 4.79 Å². The molecule has 0 saturated carbocycles. The molecule has 0 aromatic heterocycles. The maximum absolute atomic E-state index is 17.9. The van der Waals surface area contributed by atoms with Gasteiger partial charge in [-0.05, 0) is 105 Å². The molecule has 1 unspecified atom stereocenters. The summed E-state index contributed by atoms with van der Waals surface area (Å²) in [6, 6.07) is -3.07. The van der Waals surface area contributed by atoms with Gasteiger partial charge in [0.25, 0.3) is 0 Å². The molecule has 0 amide bonds. The van der Waals surface area contributed by atoms with Gasteiger partial charge in [0, 0.05) is 80.4 Å². The van der Waals surface area contributed by atoms with E-state index in [9.17, 15) is 65.6 Å². The van der Waals surface area contributed by atoms with E-state index in [-0.39, 0.29) is 54.4 Å². The molecule has 28 heteroatoms. The third-order valence-electron chi connectivity index (χ3n) is 21.8. The number of aliphatic hydroxyl groups is 4. The number of carbonyl (C=O) groups excluding carboxylic acids is 5. The van der Waals surface area contributed by atoms with Crippen LogP contribution in [0.1, 0.15) is 150 Å². The van der Waals surface area contributed by atoms with E-state index in [1.165, 1.54) is 27.4 Å². The van der Waals surface area contributed by atoms with Gasteiger partial charge in [0.2, 0.25) is 0 Å². The number of phenols is 4. The molecule has 4 aliphatic heterocycles. The van der Waals surface area contributed by atoms with Crippen molar-refractivity contribution in [2.75, 3.05) is 49.5 Å². The lowest BCUT2D eigenvalue weighted by Gasteiger charge is -2.59. The van der Waals surface area contributed by atoms with Crippen LogP contribution in [0.5, 0.6) is 23.0 Å². The van der Waals surface area contributed by atoms with Crippen molar-refractivity contribution in [1.82, 2.24) is 9.80 Å². The van der Waals surface area contributed by atoms with Crippen LogP contribution in [0.25, 0.3) is 22.8 Å². The Balaban J connectivity index is 1.21. The van der Waals surface area contributed by atoms with E-state index in [4.69, 9.17) is 52.1 Å². The molecule has 23 atom stereocenters. The lowest BCUT2D eigenvalue weighted by molar-refractivity contribution is -0.523. The molecule has 4 fully saturated rings. The predicted octanol–water partition coefficient (Wildman–Crippen LogP) is 3.11. The van der Waals surface area contributed by atoms with E-state index in [1.54, 1.807) is 79.5 Å². The highest BCUT2D eigenvalue weighted by Gasteiger charge is 2.72. The quantitative estimate of drug-likeness (QED) is 0.0811. The van der Waals surface area contributed by atoms with Gasteiger partial charge in [0.1, 0.15) is 64.4 Å². The Morgan fingerprint density at radius 3 is 1.47 bits per heavy atom. The summed E-state index contributed by atoms with van der Waals surface area (Å²) in [6.45, 7) is 9.96. The molecule has 28 nitrogen and oxygen atoms in total. The van der Waals surface area contributed by atoms with Crippen molar-refractivity contribution < 1.29 is 122 Å². The number of ketones is 5. The fraction of sp³-hybridized carbons (Fsp3) is 0.609. The van der Waals surface area contributed by atoms with Crippen molar-refractivity contribution in [3.63, 3.8) is 0 Å². The number of ether oxygens (including phenoxy) is 11. The third kappa shape index (κ3) is 10.8. The lowest BCUT2D eigenvalue weighted by atomic mass is 9.55. The van der Waals surface area contributed by atoms with Crippen molar-refractivity contribution in [2.45, 2.75) is 208 Å². The molecular formula is C69H86N4O24. The van der Waals surface area contributed by atoms with E-state index < -0.39 is 248 Å². The molecule has 10 aliphatic rings. The molecule has 526 valence electrons. The Morgan fingerprint density at radius 2 is 1.00 bits per heavy atom. The molecule has 9 N–H and O–H groups in total. The molecule has 4 heterocycles. The summed E-state index contributed by atoms with van der Waals surface area (Å²) in [4.78, 5) is 77.6. The third-order valence-corrected chi connectivity index (χ3v) is 21.8. The number of methoxy groups -OCH3 is 3. The Morgan fingerprint density at radius 1 is 0.546 bits per heavy atom. The van der Waals surface area contributed by atoms with Crippen LogP contribution in [0.15, 0.2) is 41.2 Å². The number of rotatable bonds is 17. The molecule has 0 bridgehead atoms. The largest absolute Gasteiger partial charge is 0.511 e. The second-order valence-corrected chi connectivity index (χ2v) is 27.4. The van der Waals surface area contributed by atoms with Crippen LogP contribution in [0.2, 0.25) is 0 Å². The molecule has 2 aromatic rings. The Bertz CT molecular complexity index is 3740. The summed E-state index contributed by atoms with van der Waals surface area (Å²) in [5.74, 6) is -13.4. The first-order valence-corrected chi connectivity index (χ1v) is 32.9. The standard InChI is InChI=1S/C69H86N4O24/c1-14-68(96-42-24-38(88-12)65(89-13)28(6)93-42)53(63(85)44-30(66(68)94-39-21-35(78)56(72(7)8)25(3)90-39)20-29-43(44)60(82)46-32(75)17-16-31(74)45(46)59(29)81)54-64(86)50-49-51(62(84)48-34(77)19-18-33(76)47(48)61(49)83)55(71-70)52(50)67(95-40-22-36(79)57(73(9)10)26(4)91-40)69(54,15-2)97-41-23-37(87-11)58(80)27(5)92-41/h16-20,25-28,35-42,53-58,65-67,71,78-85H,14-15,21-24H2,1-13H3/t25-,26-,27-,28-,35-,36-,37-,38-,39+,40+,41-,42-,53-,54-,55?,56-,57-,58-,65-,66+,67+,68-,69-/m0/s1. The highest BCUT2D eigenvalue weighted by molar-refractivity contribution is 6.31. The molecule has 0 radical (unpaired) electrons. The van der Waals surface area contributed by atoms with E-state index in [0.717, 1.165) is 24.3 Å². The van der Waals surface area contributed by atoms with Crippen LogP contribution in [0.4, 0.5) is 0 Å². The molecule has 0 spiro atoms. The number of carbonyl (C=O) groups is 5. The van der Waals surface area contributed by atoms with E-state index in [0.29, 0.717) is 0 Å². The zero-order valence-corrected chi connectivity index (χ0v) is 56.2. The van der Waals surface area contributed by atoms with E-state index in [2.05, 4.69) is 5.11 Å². The van der Waals surface area contributed by atoms with Crippen molar-refractivity contribution in [1.29, 1.82) is 0 Å². The van der Waals surface area contributed by atoms with Crippen LogP contribution in [0.3, 0.4) is 0 Å². The number of fused-ring (bicyclic) bond motifs is 7. The highest BCUT2D eigenvalue weighted by atomic mass is 16.7. The Labute approximate surface area is 559 Å². The van der Waals surface area contributed by atoms with Crippen molar-refractivity contribution in [2.24, 2.45) is 11.8 Å². The normalized spacial score (nSPS) is 38.6. The number of phenolic OH excluding ortho intramolecular Hbond substituents is 4. The Kier molecular flexibility index (Phi) is 19.0. The average Bonchev–Trinajstić information content (AvgIpc) is 1.60. The molecule has 97 heavy (non-hydrogen) atoms. The molecule has 2 aromatic carbocycles. The topological polar surface area (TPSA) is 391 Å². The number of hydrogen-bond acceptors (Lipinski definition) is 26. The lowest BCUT2D eigenvalue weighted by Crippen LogP contribution is -2.72. The minimum Gasteiger partial charge on any atom is -0.511 e. The van der Waals surface area contributed by atoms with Crippen LogP contribution >= 0.6 is 0 Å². The van der Waals surface area contributed by atoms with Gasteiger partial charge < -0.3 is 113 Å². The second kappa shape index (κ2) is 26.2. The number of nitrogens with one attached hydrogen (secondary N) is 1. The fourth-order valence-corrected chi connectivity index (χ4v) is 17.6. The number of aliphatic hydroxyl groups excluding tert-OH is 4. The first-order chi connectivity index (χ1) is 46.0. The second-order valence-electron chi connectivity index (χ2n) is 27.4. The summed E-state index contributed by atoms with van der Waals surface area (Å²) in [5, 5.41) is 104. The minimum atomic E-state index is -2.49. The summed E-state index contributed by atoms with van der Waals surface area (Å²) in [7, 11) is 11.3. The van der Waals surface area contributed by atoms with Gasteiger partial charge in [-0.25, -0.2) is 0 Å². The maximum atomic E-state index is 17.9. The van der Waals surface area contributed by atoms with Crippen LogP contribution in [-0.2, 0) is 56.9 Å². The van der Waals surface area contributed by atoms with Gasteiger partial charge in [0.05, 0.1) is 101 Å². The first-order valence-electron chi connectivity index (χ1n) is 32.9. The number of Topliss-reactive ketones (excluding diaryl/α,β-unsaturated/α-hetero) is 1. The van der Waals surface area contributed by atoms with Crippen molar-refractivity contribution in [3.8, 4) is 23.0 Å². The Hall–Kier alpha value is -6.55. The van der Waals surface area contributed by atoms with Gasteiger partial charge in [-0.3, -0.25) is 24.0 Å². The zero-order valence-electron chi connectivity index (χ0n) is 56.2. The highest BCUT2D eigenvalue weighted by Crippen LogP contribution is 2.66. The van der Waals surface area contributed by atoms with E-state index in [1.807, 2.05) is 0 Å². The van der Waals surface area contributed by atoms with Crippen molar-refractivity contribution >= 4 is 46.1 Å². The maximum Gasteiger partial charge on any atom is 0.195 e. The SMILES string of the molecule is CC[C@@]1(O[C@H]2C[C@H](OC)[C@@H](O)[C@H](C)O2)[C@H](O[C@@H]2C[C@H](O)[C@@H](N(C)C)[C@H](C)O2)C2=C(C(=O)[C@@H]1[C@H]1C(O)=C3C(=Cc4c(O)c5c(c(O)c43)C(=O)C=CC5=O)[C@@H](O[C@@H]3C[C@H](O)[C@@H](N(C)C)[C@H](C)O3)[C@@]1(CC)O[C@H]1C[C@H](OC)[C@@H](OC)[C@H](C)O1)c1c(O)c3c(c(O)c1C2[NH+]=[N-])C(=O)C=CC3=O.